The van der Waals surface area contributed by atoms with E-state index in [4.69, 9.17) is 10.5 Å². The van der Waals surface area contributed by atoms with Crippen molar-refractivity contribution < 1.29 is 18.3 Å². The average Bonchev–Trinajstić information content (AvgIpc) is 3.07. The number of amides is 1. The van der Waals surface area contributed by atoms with Crippen molar-refractivity contribution in [2.45, 2.75) is 49.8 Å². The van der Waals surface area contributed by atoms with Crippen molar-refractivity contribution in [3.8, 4) is 0 Å². The Labute approximate surface area is 128 Å². The van der Waals surface area contributed by atoms with E-state index in [1.807, 2.05) is 30.3 Å². The van der Waals surface area contributed by atoms with E-state index in [9.17, 15) is 13.6 Å². The molecule has 2 fully saturated rings. The number of carbonyl (C=O) groups excluding carboxylic acids is 1. The number of hydrogen-bond donors (Lipinski definition) is 1. The Kier molecular flexibility index (Phi) is 3.80. The van der Waals surface area contributed by atoms with Gasteiger partial charge in [0.2, 0.25) is 0 Å². The molecule has 1 saturated heterocycles. The second-order valence-corrected chi connectivity index (χ2v) is 6.18. The van der Waals surface area contributed by atoms with E-state index in [2.05, 4.69) is 0 Å². The molecule has 1 spiro atoms. The van der Waals surface area contributed by atoms with Crippen LogP contribution < -0.4 is 5.73 Å². The molecular weight excluding hydrogens is 290 g/mol. The molecule has 1 unspecified atom stereocenters. The highest BCUT2D eigenvalue weighted by Gasteiger charge is 2.64. The summed E-state index contributed by atoms with van der Waals surface area (Å²) in [6, 6.07) is 7.86. The number of halogens is 2. The molecular formula is C16H20F2N2O2. The highest BCUT2D eigenvalue weighted by atomic mass is 19.3. The predicted octanol–water partition coefficient (Wildman–Crippen LogP) is 2.91. The third-order valence-electron chi connectivity index (χ3n) is 4.84. The molecule has 2 N–H and O–H groups in total. The van der Waals surface area contributed by atoms with Gasteiger partial charge in [-0.1, -0.05) is 43.2 Å². The van der Waals surface area contributed by atoms with E-state index >= 15 is 0 Å². The number of carbonyl (C=O) groups is 1. The number of nitrogens with zero attached hydrogens (tertiary/aromatic N) is 1. The molecule has 1 saturated carbocycles. The van der Waals surface area contributed by atoms with Crippen LogP contribution in [0.3, 0.4) is 0 Å². The van der Waals surface area contributed by atoms with Gasteiger partial charge in [-0.2, -0.15) is 0 Å². The smallest absolute Gasteiger partial charge is 0.410 e. The molecule has 22 heavy (non-hydrogen) atoms. The number of ether oxygens (including phenoxy) is 1. The van der Waals surface area contributed by atoms with Crippen LogP contribution in [0.2, 0.25) is 0 Å². The fourth-order valence-electron chi connectivity index (χ4n) is 3.64. The van der Waals surface area contributed by atoms with Crippen molar-refractivity contribution in [1.82, 2.24) is 4.90 Å². The Morgan fingerprint density at radius 2 is 1.91 bits per heavy atom. The van der Waals surface area contributed by atoms with Gasteiger partial charge < -0.3 is 10.5 Å². The lowest BCUT2D eigenvalue weighted by Gasteiger charge is -2.36. The Hall–Kier alpha value is -1.69. The first kappa shape index (κ1) is 15.2. The molecule has 3 rings (SSSR count). The minimum Gasteiger partial charge on any atom is -0.445 e. The largest absolute Gasteiger partial charge is 0.445 e. The molecule has 0 radical (unpaired) electrons. The van der Waals surface area contributed by atoms with E-state index in [-0.39, 0.29) is 6.61 Å². The van der Waals surface area contributed by atoms with Crippen LogP contribution in [0.4, 0.5) is 13.6 Å². The highest BCUT2D eigenvalue weighted by molar-refractivity contribution is 5.70. The summed E-state index contributed by atoms with van der Waals surface area (Å²) in [5.41, 5.74) is 5.67. The summed E-state index contributed by atoms with van der Waals surface area (Å²) >= 11 is 0. The molecule has 1 atom stereocenters. The standard InChI is InChI=1S/C16H20F2N2O2/c17-16(18)11-20(15(13(16)19)8-4-5-9-15)14(21)22-10-12-6-2-1-3-7-12/h1-3,6-7,13H,4-5,8-11,19H2. The summed E-state index contributed by atoms with van der Waals surface area (Å²) in [7, 11) is 0. The van der Waals surface area contributed by atoms with Crippen molar-refractivity contribution in [3.63, 3.8) is 0 Å². The minimum atomic E-state index is -3.06. The quantitative estimate of drug-likeness (QED) is 0.914. The van der Waals surface area contributed by atoms with Crippen molar-refractivity contribution in [2.24, 2.45) is 5.73 Å². The maximum Gasteiger partial charge on any atom is 0.410 e. The maximum absolute atomic E-state index is 14.0. The van der Waals surface area contributed by atoms with Gasteiger partial charge in [-0.25, -0.2) is 13.6 Å². The Morgan fingerprint density at radius 1 is 1.27 bits per heavy atom. The van der Waals surface area contributed by atoms with Gasteiger partial charge in [0.1, 0.15) is 6.61 Å². The second-order valence-electron chi connectivity index (χ2n) is 6.18. The first-order valence-electron chi connectivity index (χ1n) is 7.57. The number of benzene rings is 1. The van der Waals surface area contributed by atoms with Gasteiger partial charge in [-0.3, -0.25) is 4.90 Å². The summed E-state index contributed by atoms with van der Waals surface area (Å²) < 4.78 is 33.3. The monoisotopic (exact) mass is 310 g/mol. The Balaban J connectivity index is 1.73. The molecule has 1 aromatic rings. The van der Waals surface area contributed by atoms with Crippen molar-refractivity contribution in [3.05, 3.63) is 35.9 Å². The number of rotatable bonds is 2. The van der Waals surface area contributed by atoms with Crippen molar-refractivity contribution >= 4 is 6.09 Å². The van der Waals surface area contributed by atoms with Gasteiger partial charge in [0.15, 0.2) is 0 Å². The fraction of sp³-hybridized carbons (Fsp3) is 0.562. The third kappa shape index (κ3) is 2.45. The first-order chi connectivity index (χ1) is 10.5. The molecule has 4 nitrogen and oxygen atoms in total. The number of alkyl halides is 2. The van der Waals surface area contributed by atoms with Gasteiger partial charge >= 0.3 is 6.09 Å². The van der Waals surface area contributed by atoms with Crippen LogP contribution in [-0.4, -0.2) is 35.0 Å². The normalized spacial score (nSPS) is 25.6. The number of hydrogen-bond acceptors (Lipinski definition) is 3. The van der Waals surface area contributed by atoms with Crippen LogP contribution in [0, 0.1) is 0 Å². The Morgan fingerprint density at radius 3 is 2.55 bits per heavy atom. The van der Waals surface area contributed by atoms with Gasteiger partial charge in [0.05, 0.1) is 18.1 Å². The Bertz CT molecular complexity index is 544. The van der Waals surface area contributed by atoms with Gasteiger partial charge in [0, 0.05) is 0 Å². The van der Waals surface area contributed by atoms with Crippen LogP contribution in [0.1, 0.15) is 31.2 Å². The molecule has 6 heteroatoms. The molecule has 0 aromatic heterocycles. The molecule has 2 aliphatic rings. The minimum absolute atomic E-state index is 0.0765. The maximum atomic E-state index is 14.0. The van der Waals surface area contributed by atoms with Crippen LogP contribution >= 0.6 is 0 Å². The predicted molar refractivity (Wildman–Crippen MR) is 77.5 cm³/mol. The topological polar surface area (TPSA) is 55.6 Å². The van der Waals surface area contributed by atoms with E-state index in [0.29, 0.717) is 12.8 Å². The molecule has 1 heterocycles. The van der Waals surface area contributed by atoms with Gasteiger partial charge in [-0.05, 0) is 18.4 Å². The van der Waals surface area contributed by atoms with Crippen LogP contribution in [0.25, 0.3) is 0 Å². The molecule has 0 bridgehead atoms. The van der Waals surface area contributed by atoms with Gasteiger partial charge in [0.25, 0.3) is 5.92 Å². The summed E-state index contributed by atoms with van der Waals surface area (Å²) in [5.74, 6) is -3.06. The molecule has 1 aromatic carbocycles. The summed E-state index contributed by atoms with van der Waals surface area (Å²) in [6.07, 6.45) is 1.96. The van der Waals surface area contributed by atoms with Crippen LogP contribution in [0.15, 0.2) is 30.3 Å². The summed E-state index contributed by atoms with van der Waals surface area (Å²) in [6.45, 7) is -0.575. The molecule has 1 aliphatic carbocycles. The van der Waals surface area contributed by atoms with Gasteiger partial charge in [-0.15, -0.1) is 0 Å². The van der Waals surface area contributed by atoms with E-state index in [1.54, 1.807) is 0 Å². The fourth-order valence-corrected chi connectivity index (χ4v) is 3.64. The SMILES string of the molecule is NC1C(F)(F)CN(C(=O)OCc2ccccc2)C12CCCC2. The average molecular weight is 310 g/mol. The second kappa shape index (κ2) is 5.50. The zero-order chi connectivity index (χ0) is 15.8. The molecule has 1 amide bonds. The molecule has 1 aliphatic heterocycles. The lowest BCUT2D eigenvalue weighted by atomic mass is 9.88. The summed E-state index contributed by atoms with van der Waals surface area (Å²) in [5, 5.41) is 0. The number of nitrogens with two attached hydrogens (primary N) is 1. The first-order valence-corrected chi connectivity index (χ1v) is 7.57. The van der Waals surface area contributed by atoms with Crippen molar-refractivity contribution in [2.75, 3.05) is 6.54 Å². The zero-order valence-corrected chi connectivity index (χ0v) is 12.3. The molecule has 120 valence electrons. The van der Waals surface area contributed by atoms with Crippen LogP contribution in [0.5, 0.6) is 0 Å². The lowest BCUT2D eigenvalue weighted by Crippen LogP contribution is -2.56. The third-order valence-corrected chi connectivity index (χ3v) is 4.84. The van der Waals surface area contributed by atoms with Crippen molar-refractivity contribution in [1.29, 1.82) is 0 Å². The highest BCUT2D eigenvalue weighted by Crippen LogP contribution is 2.48. The van der Waals surface area contributed by atoms with E-state index < -0.39 is 30.1 Å². The number of likely N-dealkylation sites (tertiary alicyclic amines) is 1. The van der Waals surface area contributed by atoms with E-state index in [0.717, 1.165) is 18.4 Å². The zero-order valence-electron chi connectivity index (χ0n) is 12.3. The van der Waals surface area contributed by atoms with E-state index in [1.165, 1.54) is 4.90 Å². The summed E-state index contributed by atoms with van der Waals surface area (Å²) in [4.78, 5) is 13.5. The van der Waals surface area contributed by atoms with Crippen LogP contribution in [-0.2, 0) is 11.3 Å². The lowest BCUT2D eigenvalue weighted by molar-refractivity contribution is -0.00482.